The Morgan fingerprint density at radius 2 is 2.05 bits per heavy atom. The average Bonchev–Trinajstić information content (AvgIpc) is 2.65. The summed E-state index contributed by atoms with van der Waals surface area (Å²) in [6.07, 6.45) is 3.55. The summed E-state index contributed by atoms with van der Waals surface area (Å²) in [5.41, 5.74) is 1.22. The van der Waals surface area contributed by atoms with Gasteiger partial charge in [0.05, 0.1) is 10.0 Å². The van der Waals surface area contributed by atoms with Crippen LogP contribution in [0.15, 0.2) is 18.2 Å². The summed E-state index contributed by atoms with van der Waals surface area (Å²) in [4.78, 5) is 2.45. The molecule has 2 nitrogen and oxygen atoms in total. The number of rotatable bonds is 2. The molecule has 0 radical (unpaired) electrons. The van der Waals surface area contributed by atoms with Gasteiger partial charge in [0.15, 0.2) is 0 Å². The molecule has 4 atom stereocenters. The van der Waals surface area contributed by atoms with Gasteiger partial charge in [0.25, 0.3) is 0 Å². The van der Waals surface area contributed by atoms with E-state index in [9.17, 15) is 5.11 Å². The van der Waals surface area contributed by atoms with E-state index in [0.29, 0.717) is 34.0 Å². The molecule has 0 saturated carbocycles. The first-order valence-corrected chi connectivity index (χ1v) is 7.65. The molecular formula is C15H19Cl2NO. The van der Waals surface area contributed by atoms with Crippen molar-refractivity contribution in [3.8, 4) is 0 Å². The number of aliphatic hydroxyl groups is 1. The Labute approximate surface area is 124 Å². The molecule has 3 rings (SSSR count). The van der Waals surface area contributed by atoms with Crippen molar-refractivity contribution in [2.75, 3.05) is 13.7 Å². The van der Waals surface area contributed by atoms with E-state index in [1.165, 1.54) is 18.4 Å². The quantitative estimate of drug-likeness (QED) is 0.903. The predicted molar refractivity (Wildman–Crippen MR) is 79.0 cm³/mol. The van der Waals surface area contributed by atoms with Crippen LogP contribution in [-0.4, -0.2) is 35.7 Å². The highest BCUT2D eigenvalue weighted by atomic mass is 35.5. The highest BCUT2D eigenvalue weighted by molar-refractivity contribution is 6.42. The largest absolute Gasteiger partial charge is 0.396 e. The number of piperidine rings is 1. The van der Waals surface area contributed by atoms with Gasteiger partial charge in [-0.15, -0.1) is 0 Å². The summed E-state index contributed by atoms with van der Waals surface area (Å²) in [6, 6.07) is 7.05. The minimum atomic E-state index is 0.243. The van der Waals surface area contributed by atoms with E-state index in [0.717, 1.165) is 6.42 Å². The van der Waals surface area contributed by atoms with Crippen LogP contribution in [0.2, 0.25) is 10.0 Å². The predicted octanol–water partition coefficient (Wildman–Crippen LogP) is 3.55. The zero-order valence-electron chi connectivity index (χ0n) is 11.0. The Balaban J connectivity index is 1.93. The number of nitrogens with zero attached hydrogens (tertiary/aromatic N) is 1. The second kappa shape index (κ2) is 5.25. The maximum atomic E-state index is 9.80. The van der Waals surface area contributed by atoms with Gasteiger partial charge in [-0.3, -0.25) is 0 Å². The van der Waals surface area contributed by atoms with Crippen LogP contribution in [0.1, 0.15) is 30.7 Å². The fraction of sp³-hybridized carbons (Fsp3) is 0.600. The maximum absolute atomic E-state index is 9.80. The van der Waals surface area contributed by atoms with Crippen molar-refractivity contribution < 1.29 is 5.11 Å². The van der Waals surface area contributed by atoms with E-state index in [1.54, 1.807) is 0 Å². The van der Waals surface area contributed by atoms with Crippen LogP contribution in [0, 0.1) is 5.92 Å². The first-order valence-electron chi connectivity index (χ1n) is 6.89. The summed E-state index contributed by atoms with van der Waals surface area (Å²) in [5, 5.41) is 11.0. The zero-order chi connectivity index (χ0) is 13.6. The molecule has 4 heteroatoms. The van der Waals surface area contributed by atoms with Crippen LogP contribution in [0.5, 0.6) is 0 Å². The Kier molecular flexibility index (Phi) is 3.78. The van der Waals surface area contributed by atoms with Crippen molar-refractivity contribution in [1.29, 1.82) is 0 Å². The standard InChI is InChI=1S/C15H19Cl2NO/c1-18-10-3-5-15(18)12(8-19)11(7-10)9-2-4-13(16)14(17)6-9/h2,4,6,10-12,15,19H,3,5,7-8H2,1H3/t10?,11-,12-,15-/m0/s1. The minimum Gasteiger partial charge on any atom is -0.396 e. The molecule has 2 bridgehead atoms. The Morgan fingerprint density at radius 1 is 1.26 bits per heavy atom. The molecule has 1 unspecified atom stereocenters. The third-order valence-corrected chi connectivity index (χ3v) is 5.75. The zero-order valence-corrected chi connectivity index (χ0v) is 12.5. The van der Waals surface area contributed by atoms with Gasteiger partial charge in [-0.25, -0.2) is 0 Å². The van der Waals surface area contributed by atoms with Crippen molar-refractivity contribution in [3.63, 3.8) is 0 Å². The van der Waals surface area contributed by atoms with E-state index >= 15 is 0 Å². The first-order chi connectivity index (χ1) is 9.11. The molecular weight excluding hydrogens is 281 g/mol. The van der Waals surface area contributed by atoms with Crippen molar-refractivity contribution in [2.45, 2.75) is 37.3 Å². The Morgan fingerprint density at radius 3 is 2.74 bits per heavy atom. The molecule has 1 aromatic rings. The lowest BCUT2D eigenvalue weighted by Gasteiger charge is -2.42. The van der Waals surface area contributed by atoms with Gasteiger partial charge in [-0.05, 0) is 49.9 Å². The maximum Gasteiger partial charge on any atom is 0.0595 e. The monoisotopic (exact) mass is 299 g/mol. The van der Waals surface area contributed by atoms with Crippen LogP contribution in [0.25, 0.3) is 0 Å². The third-order valence-electron chi connectivity index (χ3n) is 5.01. The summed E-state index contributed by atoms with van der Waals surface area (Å²) in [7, 11) is 2.19. The van der Waals surface area contributed by atoms with Gasteiger partial charge in [-0.2, -0.15) is 0 Å². The Hall–Kier alpha value is -0.280. The number of hydrogen-bond acceptors (Lipinski definition) is 2. The fourth-order valence-corrected chi connectivity index (χ4v) is 4.26. The molecule has 2 heterocycles. The average molecular weight is 300 g/mol. The molecule has 0 spiro atoms. The number of fused-ring (bicyclic) bond motifs is 2. The van der Waals surface area contributed by atoms with Gasteiger partial charge in [0.2, 0.25) is 0 Å². The summed E-state index contributed by atoms with van der Waals surface area (Å²) in [6.45, 7) is 0.243. The lowest BCUT2D eigenvalue weighted by molar-refractivity contribution is 0.0592. The molecule has 0 amide bonds. The van der Waals surface area contributed by atoms with Gasteiger partial charge < -0.3 is 10.0 Å². The number of benzene rings is 1. The van der Waals surface area contributed by atoms with Crippen molar-refractivity contribution in [1.82, 2.24) is 4.90 Å². The molecule has 1 N–H and O–H groups in total. The molecule has 2 saturated heterocycles. The van der Waals surface area contributed by atoms with Crippen molar-refractivity contribution in [3.05, 3.63) is 33.8 Å². The first kappa shape index (κ1) is 13.7. The van der Waals surface area contributed by atoms with E-state index < -0.39 is 0 Å². The third kappa shape index (κ3) is 2.29. The number of hydrogen-bond donors (Lipinski definition) is 1. The Bertz CT molecular complexity index is 479. The second-order valence-corrected chi connectivity index (χ2v) is 6.64. The fourth-order valence-electron chi connectivity index (χ4n) is 3.95. The van der Waals surface area contributed by atoms with Crippen LogP contribution in [0.4, 0.5) is 0 Å². The van der Waals surface area contributed by atoms with Gasteiger partial charge >= 0.3 is 0 Å². The molecule has 0 aliphatic carbocycles. The van der Waals surface area contributed by atoms with Gasteiger partial charge in [0.1, 0.15) is 0 Å². The lowest BCUT2D eigenvalue weighted by atomic mass is 9.76. The van der Waals surface area contributed by atoms with Crippen LogP contribution in [0.3, 0.4) is 0 Å². The van der Waals surface area contributed by atoms with E-state index in [4.69, 9.17) is 23.2 Å². The number of halogens is 2. The topological polar surface area (TPSA) is 23.5 Å². The van der Waals surface area contributed by atoms with E-state index in [-0.39, 0.29) is 6.61 Å². The summed E-state index contributed by atoms with van der Waals surface area (Å²) >= 11 is 12.1. The second-order valence-electron chi connectivity index (χ2n) is 5.83. The molecule has 19 heavy (non-hydrogen) atoms. The van der Waals surface area contributed by atoms with Crippen LogP contribution in [-0.2, 0) is 0 Å². The van der Waals surface area contributed by atoms with Gasteiger partial charge in [-0.1, -0.05) is 29.3 Å². The van der Waals surface area contributed by atoms with Crippen molar-refractivity contribution >= 4 is 23.2 Å². The molecule has 2 fully saturated rings. The summed E-state index contributed by atoms with van der Waals surface area (Å²) < 4.78 is 0. The van der Waals surface area contributed by atoms with Gasteiger partial charge in [0, 0.05) is 24.6 Å². The van der Waals surface area contributed by atoms with E-state index in [2.05, 4.69) is 18.0 Å². The number of aliphatic hydroxyl groups excluding tert-OH is 1. The van der Waals surface area contributed by atoms with Crippen molar-refractivity contribution in [2.24, 2.45) is 5.92 Å². The summed E-state index contributed by atoms with van der Waals surface area (Å²) in [5.74, 6) is 0.703. The molecule has 0 aromatic heterocycles. The van der Waals surface area contributed by atoms with Crippen LogP contribution >= 0.6 is 23.2 Å². The van der Waals surface area contributed by atoms with E-state index in [1.807, 2.05) is 12.1 Å². The normalized spacial score (nSPS) is 34.7. The smallest absolute Gasteiger partial charge is 0.0595 e. The highest BCUT2D eigenvalue weighted by Crippen LogP contribution is 2.46. The highest BCUT2D eigenvalue weighted by Gasteiger charge is 2.45. The molecule has 2 aliphatic rings. The lowest BCUT2D eigenvalue weighted by Crippen LogP contribution is -2.47. The SMILES string of the molecule is CN1C2CC[C@H]1[C@@H](CO)[C@H](c1ccc(Cl)c(Cl)c1)C2. The molecule has 104 valence electrons. The molecule has 1 aromatic carbocycles. The van der Waals surface area contributed by atoms with Crippen LogP contribution < -0.4 is 0 Å². The minimum absolute atomic E-state index is 0.243. The molecule has 2 aliphatic heterocycles.